The molecule has 142 valence electrons. The summed E-state index contributed by atoms with van der Waals surface area (Å²) < 4.78 is 36.7. The minimum Gasteiger partial charge on any atom is -0.311 e. The summed E-state index contributed by atoms with van der Waals surface area (Å²) in [5, 5.41) is 3.96. The van der Waals surface area contributed by atoms with Crippen molar-refractivity contribution in [3.63, 3.8) is 0 Å². The van der Waals surface area contributed by atoms with Crippen LogP contribution in [-0.2, 0) is 25.3 Å². The number of urea groups is 1. The van der Waals surface area contributed by atoms with Crippen LogP contribution in [0.25, 0.3) is 0 Å². The Balaban J connectivity index is 1.47. The summed E-state index contributed by atoms with van der Waals surface area (Å²) in [5.41, 5.74) is 2.34. The number of hydrogen-bond acceptors (Lipinski definition) is 6. The van der Waals surface area contributed by atoms with E-state index in [0.29, 0.717) is 25.8 Å². The third-order valence-electron chi connectivity index (χ3n) is 4.76. The molecule has 0 saturated carbocycles. The lowest BCUT2D eigenvalue weighted by molar-refractivity contribution is -0.139. The molecule has 12 heteroatoms. The van der Waals surface area contributed by atoms with Crippen LogP contribution in [0.3, 0.4) is 0 Å². The molecule has 0 aromatic carbocycles. The summed E-state index contributed by atoms with van der Waals surface area (Å²) in [4.78, 5) is 31.0. The first-order valence-corrected chi connectivity index (χ1v) is 9.13. The number of halogens is 1. The lowest BCUT2D eigenvalue weighted by Gasteiger charge is -2.29. The molecule has 3 saturated heterocycles. The summed E-state index contributed by atoms with van der Waals surface area (Å²) in [6.07, 6.45) is 1.52. The Morgan fingerprint density at radius 1 is 1.48 bits per heavy atom. The van der Waals surface area contributed by atoms with E-state index in [0.717, 1.165) is 5.06 Å². The summed E-state index contributed by atoms with van der Waals surface area (Å²) in [6, 6.07) is -1.71. The summed E-state index contributed by atoms with van der Waals surface area (Å²) in [6.45, 7) is 0.668. The highest BCUT2D eigenvalue weighted by Gasteiger charge is 2.48. The van der Waals surface area contributed by atoms with Crippen molar-refractivity contribution in [1.82, 2.24) is 20.8 Å². The number of nitrogens with zero attached hydrogens (tertiary/aromatic N) is 2. The number of amides is 3. The van der Waals surface area contributed by atoms with E-state index < -0.39 is 29.3 Å². The fourth-order valence-corrected chi connectivity index (χ4v) is 3.82. The van der Waals surface area contributed by atoms with Crippen LogP contribution in [-0.4, -0.2) is 75.2 Å². The predicted molar refractivity (Wildman–Crippen MR) is 82.6 cm³/mol. The Morgan fingerprint density at radius 2 is 2.28 bits per heavy atom. The van der Waals surface area contributed by atoms with E-state index in [-0.39, 0.29) is 37.8 Å². The normalized spacial score (nSPS) is 33.0. The molecular formula is C13H21FN4O6S. The predicted octanol–water partition coefficient (Wildman–Crippen LogP) is -0.681. The largest absolute Gasteiger partial charge is 0.346 e. The van der Waals surface area contributed by atoms with Gasteiger partial charge >= 0.3 is 17.4 Å². The quantitative estimate of drug-likeness (QED) is 0.395. The van der Waals surface area contributed by atoms with E-state index in [1.54, 1.807) is 0 Å². The second-order valence-electron chi connectivity index (χ2n) is 6.44. The van der Waals surface area contributed by atoms with Crippen LogP contribution in [0.4, 0.5) is 9.18 Å². The van der Waals surface area contributed by atoms with Gasteiger partial charge < -0.3 is 10.2 Å². The molecule has 10 nitrogen and oxygen atoms in total. The van der Waals surface area contributed by atoms with Crippen molar-refractivity contribution < 1.29 is 31.9 Å². The third kappa shape index (κ3) is 4.08. The maximum Gasteiger partial charge on any atom is 0.346 e. The van der Waals surface area contributed by atoms with Crippen molar-refractivity contribution in [3.05, 3.63) is 0 Å². The van der Waals surface area contributed by atoms with Crippen molar-refractivity contribution in [1.29, 1.82) is 0 Å². The first-order valence-electron chi connectivity index (χ1n) is 8.09. The second-order valence-corrected chi connectivity index (χ2v) is 7.02. The number of carbonyl (C=O) groups is 2. The molecular weight excluding hydrogens is 359 g/mol. The molecule has 5 atom stereocenters. The van der Waals surface area contributed by atoms with Gasteiger partial charge in [0.15, 0.2) is 0 Å². The SMILES string of the molecule is O=C(NOC[C@H]1C[C@H](CF)CN1)C1CCC2CN1C(=O)N2OS(=O)O. The minimum atomic E-state index is -2.60. The Kier molecular flexibility index (Phi) is 5.84. The van der Waals surface area contributed by atoms with Gasteiger partial charge in [0, 0.05) is 25.0 Å². The number of hydrogen-bond donors (Lipinski definition) is 3. The van der Waals surface area contributed by atoms with E-state index in [1.807, 2.05) is 0 Å². The van der Waals surface area contributed by atoms with Crippen molar-refractivity contribution >= 4 is 23.3 Å². The van der Waals surface area contributed by atoms with Gasteiger partial charge in [0.1, 0.15) is 6.04 Å². The van der Waals surface area contributed by atoms with Gasteiger partial charge in [-0.25, -0.2) is 10.3 Å². The van der Waals surface area contributed by atoms with Gasteiger partial charge in [-0.2, -0.15) is 9.27 Å². The first kappa shape index (κ1) is 18.5. The molecule has 0 spiro atoms. The van der Waals surface area contributed by atoms with E-state index in [1.165, 1.54) is 4.90 Å². The number of piperidine rings is 1. The Labute approximate surface area is 146 Å². The molecule has 25 heavy (non-hydrogen) atoms. The minimum absolute atomic E-state index is 0.0198. The number of nitrogens with one attached hydrogen (secondary N) is 2. The number of hydroxylamine groups is 3. The molecule has 0 aromatic rings. The van der Waals surface area contributed by atoms with Gasteiger partial charge in [0.05, 0.1) is 19.3 Å². The van der Waals surface area contributed by atoms with E-state index in [2.05, 4.69) is 15.1 Å². The molecule has 0 aliphatic carbocycles. The first-order chi connectivity index (χ1) is 12.0. The molecule has 3 heterocycles. The van der Waals surface area contributed by atoms with Crippen molar-refractivity contribution in [3.8, 4) is 0 Å². The third-order valence-corrected chi connectivity index (χ3v) is 5.05. The number of alkyl halides is 1. The van der Waals surface area contributed by atoms with Gasteiger partial charge in [-0.15, -0.1) is 4.28 Å². The molecule has 3 rings (SSSR count). The molecule has 3 amide bonds. The smallest absolute Gasteiger partial charge is 0.311 e. The van der Waals surface area contributed by atoms with Gasteiger partial charge in [0.2, 0.25) is 0 Å². The van der Waals surface area contributed by atoms with Gasteiger partial charge in [-0.05, 0) is 19.3 Å². The molecule has 0 radical (unpaired) electrons. The number of fused-ring (bicyclic) bond motifs is 2. The van der Waals surface area contributed by atoms with Crippen LogP contribution >= 0.6 is 0 Å². The molecule has 3 fully saturated rings. The van der Waals surface area contributed by atoms with Crippen LogP contribution < -0.4 is 10.8 Å². The highest BCUT2D eigenvalue weighted by atomic mass is 32.2. The zero-order chi connectivity index (χ0) is 18.0. The lowest BCUT2D eigenvalue weighted by atomic mass is 10.0. The Bertz CT molecular complexity index is 555. The van der Waals surface area contributed by atoms with Crippen LogP contribution in [0.5, 0.6) is 0 Å². The topological polar surface area (TPSA) is 120 Å². The van der Waals surface area contributed by atoms with Crippen LogP contribution in [0.15, 0.2) is 0 Å². The van der Waals surface area contributed by atoms with Crippen LogP contribution in [0, 0.1) is 5.92 Å². The van der Waals surface area contributed by atoms with Gasteiger partial charge in [0.25, 0.3) is 5.91 Å². The van der Waals surface area contributed by atoms with Crippen molar-refractivity contribution in [2.45, 2.75) is 37.4 Å². The maximum atomic E-state index is 12.6. The van der Waals surface area contributed by atoms with E-state index >= 15 is 0 Å². The highest BCUT2D eigenvalue weighted by Crippen LogP contribution is 2.30. The fraction of sp³-hybridized carbons (Fsp3) is 0.846. The average molecular weight is 380 g/mol. The summed E-state index contributed by atoms with van der Waals surface area (Å²) >= 11 is -2.60. The van der Waals surface area contributed by atoms with Crippen LogP contribution in [0.1, 0.15) is 19.3 Å². The fourth-order valence-electron chi connectivity index (χ4n) is 3.50. The number of rotatable bonds is 7. The Morgan fingerprint density at radius 3 is 2.96 bits per heavy atom. The summed E-state index contributed by atoms with van der Waals surface area (Å²) in [5.74, 6) is -0.483. The average Bonchev–Trinajstić information content (AvgIpc) is 3.14. The Hall–Kier alpha value is -1.34. The molecule has 3 aliphatic rings. The molecule has 3 aliphatic heterocycles. The molecule has 3 unspecified atom stereocenters. The van der Waals surface area contributed by atoms with E-state index in [9.17, 15) is 18.2 Å². The zero-order valence-electron chi connectivity index (χ0n) is 13.4. The monoisotopic (exact) mass is 380 g/mol. The van der Waals surface area contributed by atoms with Gasteiger partial charge in [-0.3, -0.25) is 18.6 Å². The van der Waals surface area contributed by atoms with Crippen molar-refractivity contribution in [2.24, 2.45) is 5.92 Å². The standard InChI is InChI=1S/C13H21FN4O6S/c14-4-8-3-9(15-5-8)7-23-16-12(19)11-2-1-10-6-17(11)13(20)18(10)24-25(21)22/h8-11,15H,1-7H2,(H,16,19)(H,21,22)/t8-,9-,10?,11?/m1/s1. The molecule has 2 bridgehead atoms. The maximum absolute atomic E-state index is 12.6. The molecule has 0 aromatic heterocycles. The van der Waals surface area contributed by atoms with Crippen molar-refractivity contribution in [2.75, 3.05) is 26.4 Å². The summed E-state index contributed by atoms with van der Waals surface area (Å²) in [7, 11) is 0. The number of carbonyl (C=O) groups excluding carboxylic acids is 2. The van der Waals surface area contributed by atoms with Gasteiger partial charge in [-0.1, -0.05) is 0 Å². The highest BCUT2D eigenvalue weighted by molar-refractivity contribution is 7.74. The van der Waals surface area contributed by atoms with Crippen LogP contribution in [0.2, 0.25) is 0 Å². The zero-order valence-corrected chi connectivity index (χ0v) is 14.2. The molecule has 3 N–H and O–H groups in total. The van der Waals surface area contributed by atoms with E-state index in [4.69, 9.17) is 9.39 Å². The second kappa shape index (κ2) is 7.91. The lowest BCUT2D eigenvalue weighted by Crippen LogP contribution is -2.50.